The van der Waals surface area contributed by atoms with Crippen molar-refractivity contribution < 1.29 is 17.8 Å². The molecule has 27 heavy (non-hydrogen) atoms. The minimum atomic E-state index is -4.90. The van der Waals surface area contributed by atoms with E-state index in [9.17, 15) is 17.8 Å². The molecule has 0 radical (unpaired) electrons. The third kappa shape index (κ3) is 3.15. The van der Waals surface area contributed by atoms with Crippen molar-refractivity contribution >= 4 is 27.9 Å². The summed E-state index contributed by atoms with van der Waals surface area (Å²) in [6, 6.07) is 3.38. The van der Waals surface area contributed by atoms with Crippen LogP contribution in [0.2, 0.25) is 0 Å². The Hall–Kier alpha value is -2.59. The summed E-state index contributed by atoms with van der Waals surface area (Å²) in [5.41, 5.74) is 1.60. The number of rotatable bonds is 6. The van der Waals surface area contributed by atoms with Crippen LogP contribution in [0.3, 0.4) is 0 Å². The molecule has 2 N–H and O–H groups in total. The number of aromatic amines is 1. The monoisotopic (exact) mass is 391 g/mol. The van der Waals surface area contributed by atoms with Gasteiger partial charge in [-0.2, -0.15) is 8.42 Å². The number of fused-ring (bicyclic) bond motifs is 1. The summed E-state index contributed by atoms with van der Waals surface area (Å²) in [5.74, 6) is 0.956. The van der Waals surface area contributed by atoms with Gasteiger partial charge in [0.1, 0.15) is 11.5 Å². The van der Waals surface area contributed by atoms with Crippen molar-refractivity contribution in [2.24, 2.45) is 4.99 Å². The first-order valence-electron chi connectivity index (χ1n) is 8.52. The van der Waals surface area contributed by atoms with Crippen molar-refractivity contribution in [3.8, 4) is 0 Å². The lowest BCUT2D eigenvalue weighted by molar-refractivity contribution is -0.110. The lowest BCUT2D eigenvalue weighted by Crippen LogP contribution is -2.57. The second kappa shape index (κ2) is 6.86. The molecule has 144 valence electrons. The van der Waals surface area contributed by atoms with E-state index in [1.54, 1.807) is 31.5 Å². The Morgan fingerprint density at radius 3 is 2.52 bits per heavy atom. The van der Waals surface area contributed by atoms with Crippen molar-refractivity contribution in [2.45, 2.75) is 44.6 Å². The number of H-pyrrole nitrogens is 1. The molecule has 0 spiro atoms. The van der Waals surface area contributed by atoms with E-state index in [0.29, 0.717) is 29.2 Å². The SMILES string of the molecule is CCC1=NC(C=O)(S(=O)(=O)O)N(Cc2ccncc2)c2nc(C(C)C)[nH]c21. The Morgan fingerprint density at radius 1 is 1.33 bits per heavy atom. The van der Waals surface area contributed by atoms with Gasteiger partial charge < -0.3 is 9.88 Å². The largest absolute Gasteiger partial charge is 0.339 e. The Kier molecular flexibility index (Phi) is 4.87. The minimum absolute atomic E-state index is 0.00304. The van der Waals surface area contributed by atoms with Crippen molar-refractivity contribution in [2.75, 3.05) is 4.90 Å². The fourth-order valence-electron chi connectivity index (χ4n) is 2.98. The summed E-state index contributed by atoms with van der Waals surface area (Å²) >= 11 is 0. The van der Waals surface area contributed by atoms with E-state index in [2.05, 4.69) is 19.9 Å². The van der Waals surface area contributed by atoms with E-state index in [-0.39, 0.29) is 24.6 Å². The maximum atomic E-state index is 12.3. The quantitative estimate of drug-likeness (QED) is 0.568. The Labute approximate surface area is 157 Å². The molecule has 1 atom stereocenters. The van der Waals surface area contributed by atoms with Gasteiger partial charge in [-0.15, -0.1) is 0 Å². The van der Waals surface area contributed by atoms with E-state index in [4.69, 9.17) is 0 Å². The minimum Gasteiger partial charge on any atom is -0.339 e. The van der Waals surface area contributed by atoms with Crippen molar-refractivity contribution in [3.63, 3.8) is 0 Å². The highest BCUT2D eigenvalue weighted by atomic mass is 32.2. The summed E-state index contributed by atoms with van der Waals surface area (Å²) in [5, 5.41) is 0. The number of aldehydes is 1. The van der Waals surface area contributed by atoms with E-state index >= 15 is 0 Å². The number of hydrogen-bond acceptors (Lipinski definition) is 7. The normalized spacial score (nSPS) is 19.7. The van der Waals surface area contributed by atoms with Gasteiger partial charge >= 0.3 is 15.1 Å². The fourth-order valence-corrected chi connectivity index (χ4v) is 3.75. The summed E-state index contributed by atoms with van der Waals surface area (Å²) < 4.78 is 34.5. The van der Waals surface area contributed by atoms with Gasteiger partial charge in [0.05, 0.1) is 5.71 Å². The number of aliphatic imine (C=N–C) groups is 1. The number of carbonyl (C=O) groups is 1. The molecule has 10 heteroatoms. The second-order valence-electron chi connectivity index (χ2n) is 6.58. The van der Waals surface area contributed by atoms with Crippen LogP contribution in [0, 0.1) is 0 Å². The molecule has 0 bridgehead atoms. The third-order valence-corrected chi connectivity index (χ3v) is 5.60. The fraction of sp³-hybridized carbons (Fsp3) is 0.412. The lowest BCUT2D eigenvalue weighted by Gasteiger charge is -2.38. The van der Waals surface area contributed by atoms with Crippen LogP contribution >= 0.6 is 0 Å². The van der Waals surface area contributed by atoms with Crippen LogP contribution in [-0.2, 0) is 21.5 Å². The summed E-state index contributed by atoms with van der Waals surface area (Å²) in [6.45, 7) is 5.67. The maximum Gasteiger partial charge on any atom is 0.319 e. The predicted octanol–water partition coefficient (Wildman–Crippen LogP) is 1.89. The number of imidazole rings is 1. The van der Waals surface area contributed by atoms with Gasteiger partial charge in [-0.3, -0.25) is 14.3 Å². The molecule has 0 saturated heterocycles. The molecule has 2 aromatic rings. The van der Waals surface area contributed by atoms with Crippen molar-refractivity contribution in [3.05, 3.63) is 41.6 Å². The molecule has 0 fully saturated rings. The Balaban J connectivity index is 2.27. The Bertz CT molecular complexity index is 984. The molecule has 0 amide bonds. The zero-order valence-electron chi connectivity index (χ0n) is 15.2. The average Bonchev–Trinajstić information content (AvgIpc) is 3.07. The van der Waals surface area contributed by atoms with Crippen LogP contribution in [0.1, 0.15) is 50.2 Å². The molecule has 1 aliphatic heterocycles. The molecule has 0 aromatic carbocycles. The van der Waals surface area contributed by atoms with E-state index < -0.39 is 15.1 Å². The molecule has 1 aliphatic rings. The summed E-state index contributed by atoms with van der Waals surface area (Å²) in [6.07, 6.45) is 3.62. The third-order valence-electron chi connectivity index (χ3n) is 4.43. The van der Waals surface area contributed by atoms with Gasteiger partial charge in [-0.25, -0.2) is 9.98 Å². The van der Waals surface area contributed by atoms with Gasteiger partial charge in [0.25, 0.3) is 0 Å². The molecule has 3 rings (SSSR count). The van der Waals surface area contributed by atoms with E-state index in [1.807, 2.05) is 13.8 Å². The highest BCUT2D eigenvalue weighted by Crippen LogP contribution is 2.37. The molecule has 1 unspecified atom stereocenters. The number of nitrogens with one attached hydrogen (secondary N) is 1. The molecule has 9 nitrogen and oxygen atoms in total. The lowest BCUT2D eigenvalue weighted by atomic mass is 10.1. The number of nitrogens with zero attached hydrogens (tertiary/aromatic N) is 4. The van der Waals surface area contributed by atoms with E-state index in [1.165, 1.54) is 4.90 Å². The topological polar surface area (TPSA) is 129 Å². The van der Waals surface area contributed by atoms with Crippen molar-refractivity contribution in [1.29, 1.82) is 0 Å². The predicted molar refractivity (Wildman–Crippen MR) is 100 cm³/mol. The number of pyridine rings is 1. The van der Waals surface area contributed by atoms with Gasteiger partial charge in [-0.05, 0) is 24.1 Å². The molecule has 0 saturated carbocycles. The average molecular weight is 391 g/mol. The van der Waals surface area contributed by atoms with Crippen LogP contribution in [0.5, 0.6) is 0 Å². The van der Waals surface area contributed by atoms with Crippen LogP contribution in [-0.4, -0.2) is 44.9 Å². The molecule has 3 heterocycles. The van der Waals surface area contributed by atoms with Gasteiger partial charge in [-0.1, -0.05) is 20.8 Å². The van der Waals surface area contributed by atoms with Crippen LogP contribution in [0.25, 0.3) is 0 Å². The van der Waals surface area contributed by atoms with Crippen molar-refractivity contribution in [1.82, 2.24) is 15.0 Å². The zero-order chi connectivity index (χ0) is 19.8. The molecule has 2 aromatic heterocycles. The zero-order valence-corrected chi connectivity index (χ0v) is 16.1. The van der Waals surface area contributed by atoms with Crippen LogP contribution < -0.4 is 4.90 Å². The van der Waals surface area contributed by atoms with E-state index in [0.717, 1.165) is 0 Å². The van der Waals surface area contributed by atoms with Gasteiger partial charge in [0.2, 0.25) is 0 Å². The number of aromatic nitrogens is 3. The first-order chi connectivity index (χ1) is 12.7. The summed E-state index contributed by atoms with van der Waals surface area (Å²) in [7, 11) is -4.90. The smallest absolute Gasteiger partial charge is 0.319 e. The second-order valence-corrected chi connectivity index (χ2v) is 8.13. The maximum absolute atomic E-state index is 12.3. The standard InChI is InChI=1S/C17H21N5O4S/c1-4-13-14-16(20-15(19-14)11(2)3)22(9-12-5-7-18-8-6-12)17(10-23,21-13)27(24,25)26/h5-8,10-11H,4,9H2,1-3H3,(H,19,20)(H,24,25,26). The first kappa shape index (κ1) is 19.2. The number of carbonyl (C=O) groups excluding carboxylic acids is 1. The molecule has 0 aliphatic carbocycles. The van der Waals surface area contributed by atoms with Crippen LogP contribution in [0.4, 0.5) is 5.82 Å². The number of hydrogen-bond donors (Lipinski definition) is 2. The van der Waals surface area contributed by atoms with Crippen LogP contribution in [0.15, 0.2) is 29.5 Å². The van der Waals surface area contributed by atoms with Gasteiger partial charge in [0.15, 0.2) is 12.1 Å². The highest BCUT2D eigenvalue weighted by molar-refractivity contribution is 7.88. The first-order valence-corrected chi connectivity index (χ1v) is 9.96. The number of anilines is 1. The molecular weight excluding hydrogens is 370 g/mol. The van der Waals surface area contributed by atoms with Gasteiger partial charge in [0, 0.05) is 24.9 Å². The Morgan fingerprint density at radius 2 is 2.00 bits per heavy atom. The summed E-state index contributed by atoms with van der Waals surface area (Å²) in [4.78, 5) is 26.5. The highest BCUT2D eigenvalue weighted by Gasteiger charge is 2.53. The molecular formula is C17H21N5O4S.